The normalized spacial score (nSPS) is 12.0. The van der Waals surface area contributed by atoms with Crippen molar-refractivity contribution < 1.29 is 28.6 Å². The first-order valence-corrected chi connectivity index (χ1v) is 35.7. The monoisotopic (exact) mass is 1100 g/mol. The topological polar surface area (TPSA) is 78.9 Å². The SMILES string of the molecule is CCCCCCCC/C=C\CCCCCCCCCCCC(=O)OC(COC(=O)CCCCCCCCCCCCCCCCCCCC)COC(=O)CCCCCCCCCCCCCCCCCCCCCCCCC. The minimum Gasteiger partial charge on any atom is -0.462 e. The summed E-state index contributed by atoms with van der Waals surface area (Å²) in [6.07, 6.45) is 80.9. The molecule has 0 aromatic carbocycles. The van der Waals surface area contributed by atoms with Crippen LogP contribution in [-0.2, 0) is 28.6 Å². The second kappa shape index (κ2) is 67.7. The lowest BCUT2D eigenvalue weighted by molar-refractivity contribution is -0.167. The maximum atomic E-state index is 13.0. The van der Waals surface area contributed by atoms with E-state index in [-0.39, 0.29) is 31.1 Å². The molecule has 0 rings (SSSR count). The van der Waals surface area contributed by atoms with E-state index in [4.69, 9.17) is 14.2 Å². The van der Waals surface area contributed by atoms with Gasteiger partial charge >= 0.3 is 17.9 Å². The first kappa shape index (κ1) is 76.1. The van der Waals surface area contributed by atoms with Crippen LogP contribution >= 0.6 is 0 Å². The second-order valence-electron chi connectivity index (χ2n) is 24.5. The van der Waals surface area contributed by atoms with E-state index in [0.717, 1.165) is 57.8 Å². The molecular formula is C72H138O6. The van der Waals surface area contributed by atoms with E-state index in [1.54, 1.807) is 0 Å². The predicted molar refractivity (Wildman–Crippen MR) is 340 cm³/mol. The maximum absolute atomic E-state index is 13.0. The van der Waals surface area contributed by atoms with Gasteiger partial charge in [-0.25, -0.2) is 0 Å². The molecule has 0 N–H and O–H groups in total. The Labute approximate surface area is 488 Å². The van der Waals surface area contributed by atoms with Crippen LogP contribution in [0.5, 0.6) is 0 Å². The molecule has 0 radical (unpaired) electrons. The van der Waals surface area contributed by atoms with E-state index >= 15 is 0 Å². The summed E-state index contributed by atoms with van der Waals surface area (Å²) < 4.78 is 17.0. The summed E-state index contributed by atoms with van der Waals surface area (Å²) in [5.41, 5.74) is 0. The number of esters is 3. The number of hydrogen-bond donors (Lipinski definition) is 0. The van der Waals surface area contributed by atoms with E-state index in [1.807, 2.05) is 0 Å². The highest BCUT2D eigenvalue weighted by molar-refractivity contribution is 5.71. The van der Waals surface area contributed by atoms with Crippen LogP contribution in [-0.4, -0.2) is 37.2 Å². The van der Waals surface area contributed by atoms with Gasteiger partial charge < -0.3 is 14.2 Å². The van der Waals surface area contributed by atoms with Crippen molar-refractivity contribution >= 4 is 17.9 Å². The molecule has 0 aromatic rings. The van der Waals surface area contributed by atoms with Gasteiger partial charge in [-0.05, 0) is 44.9 Å². The molecule has 0 aliphatic rings. The molecule has 1 atom stereocenters. The summed E-state index contributed by atoms with van der Waals surface area (Å²) in [6, 6.07) is 0. The first-order chi connectivity index (χ1) is 38.5. The lowest BCUT2D eigenvalue weighted by Gasteiger charge is -2.18. The van der Waals surface area contributed by atoms with Crippen LogP contribution in [0.1, 0.15) is 412 Å². The average molecular weight is 1100 g/mol. The van der Waals surface area contributed by atoms with Gasteiger partial charge in [-0.3, -0.25) is 14.4 Å². The predicted octanol–water partition coefficient (Wildman–Crippen LogP) is 24.4. The summed E-state index contributed by atoms with van der Waals surface area (Å²) in [4.78, 5) is 38.5. The van der Waals surface area contributed by atoms with Crippen LogP contribution in [0.25, 0.3) is 0 Å². The lowest BCUT2D eigenvalue weighted by Crippen LogP contribution is -2.30. The van der Waals surface area contributed by atoms with Crippen molar-refractivity contribution in [3.63, 3.8) is 0 Å². The molecule has 0 amide bonds. The number of hydrogen-bond acceptors (Lipinski definition) is 6. The molecule has 0 saturated heterocycles. The van der Waals surface area contributed by atoms with E-state index in [0.29, 0.717) is 19.3 Å². The molecule has 6 nitrogen and oxygen atoms in total. The molecular weight excluding hydrogens is 961 g/mol. The molecule has 0 aliphatic carbocycles. The summed E-state index contributed by atoms with van der Waals surface area (Å²) >= 11 is 0. The Kier molecular flexibility index (Phi) is 66.0. The van der Waals surface area contributed by atoms with E-state index in [2.05, 4.69) is 32.9 Å². The summed E-state index contributed by atoms with van der Waals surface area (Å²) in [7, 11) is 0. The van der Waals surface area contributed by atoms with Crippen molar-refractivity contribution in [3.05, 3.63) is 12.2 Å². The standard InChI is InChI=1S/C72H138O6/c1-4-7-10-13-16-19-22-25-28-31-34-35-36-37-39-41-44-47-50-53-56-59-62-65-71(74)77-68-69(67-76-70(73)64-61-58-55-52-49-46-43-40-33-30-27-24-21-18-15-12-9-6-3)78-72(75)66-63-60-57-54-51-48-45-42-38-32-29-26-23-20-17-14-11-8-5-2/h26,29,69H,4-25,27-28,30-68H2,1-3H3/b29-26-. The lowest BCUT2D eigenvalue weighted by atomic mass is 10.0. The zero-order chi connectivity index (χ0) is 56.4. The Morgan fingerprint density at radius 2 is 0.423 bits per heavy atom. The molecule has 0 aliphatic heterocycles. The van der Waals surface area contributed by atoms with Crippen molar-refractivity contribution in [1.82, 2.24) is 0 Å². The third-order valence-corrected chi connectivity index (χ3v) is 16.5. The Balaban J connectivity index is 4.27. The van der Waals surface area contributed by atoms with Gasteiger partial charge in [0.2, 0.25) is 0 Å². The Morgan fingerprint density at radius 3 is 0.641 bits per heavy atom. The van der Waals surface area contributed by atoms with Crippen molar-refractivity contribution in [3.8, 4) is 0 Å². The molecule has 0 heterocycles. The fourth-order valence-electron chi connectivity index (χ4n) is 11.2. The van der Waals surface area contributed by atoms with Crippen LogP contribution in [0.3, 0.4) is 0 Å². The second-order valence-corrected chi connectivity index (χ2v) is 24.5. The van der Waals surface area contributed by atoms with Crippen LogP contribution in [0.4, 0.5) is 0 Å². The Morgan fingerprint density at radius 1 is 0.244 bits per heavy atom. The summed E-state index contributed by atoms with van der Waals surface area (Å²) in [5, 5.41) is 0. The molecule has 0 bridgehead atoms. The van der Waals surface area contributed by atoms with Gasteiger partial charge in [-0.2, -0.15) is 0 Å². The van der Waals surface area contributed by atoms with Crippen molar-refractivity contribution in [2.24, 2.45) is 0 Å². The fourth-order valence-corrected chi connectivity index (χ4v) is 11.2. The number of unbranched alkanes of at least 4 members (excludes halogenated alkanes) is 54. The Bertz CT molecular complexity index is 1210. The highest BCUT2D eigenvalue weighted by atomic mass is 16.6. The zero-order valence-electron chi connectivity index (χ0n) is 53.2. The quantitative estimate of drug-likeness (QED) is 0.0261. The first-order valence-electron chi connectivity index (χ1n) is 35.7. The molecule has 78 heavy (non-hydrogen) atoms. The van der Waals surface area contributed by atoms with E-state index in [9.17, 15) is 14.4 Å². The maximum Gasteiger partial charge on any atom is 0.306 e. The van der Waals surface area contributed by atoms with E-state index < -0.39 is 6.10 Å². The minimum absolute atomic E-state index is 0.0636. The number of allylic oxidation sites excluding steroid dienone is 2. The highest BCUT2D eigenvalue weighted by Gasteiger charge is 2.19. The molecule has 6 heteroatoms. The average Bonchev–Trinajstić information content (AvgIpc) is 3.44. The molecule has 1 unspecified atom stereocenters. The molecule has 0 spiro atoms. The van der Waals surface area contributed by atoms with Gasteiger partial charge in [-0.15, -0.1) is 0 Å². The van der Waals surface area contributed by atoms with Gasteiger partial charge in [-0.1, -0.05) is 360 Å². The number of ether oxygens (including phenoxy) is 3. The van der Waals surface area contributed by atoms with Crippen LogP contribution in [0.15, 0.2) is 12.2 Å². The van der Waals surface area contributed by atoms with Crippen molar-refractivity contribution in [2.45, 2.75) is 419 Å². The van der Waals surface area contributed by atoms with Crippen LogP contribution in [0, 0.1) is 0 Å². The largest absolute Gasteiger partial charge is 0.462 e. The van der Waals surface area contributed by atoms with Gasteiger partial charge in [0.05, 0.1) is 0 Å². The van der Waals surface area contributed by atoms with Crippen LogP contribution in [0.2, 0.25) is 0 Å². The fraction of sp³-hybridized carbons (Fsp3) is 0.931. The highest BCUT2D eigenvalue weighted by Crippen LogP contribution is 2.19. The van der Waals surface area contributed by atoms with Gasteiger partial charge in [0.1, 0.15) is 13.2 Å². The number of carbonyl (C=O) groups is 3. The molecule has 0 aromatic heterocycles. The van der Waals surface area contributed by atoms with Crippen LogP contribution < -0.4 is 0 Å². The summed E-state index contributed by atoms with van der Waals surface area (Å²) in [5.74, 6) is -0.828. The molecule has 0 saturated carbocycles. The van der Waals surface area contributed by atoms with Gasteiger partial charge in [0.15, 0.2) is 6.10 Å². The van der Waals surface area contributed by atoms with Gasteiger partial charge in [0, 0.05) is 19.3 Å². The third kappa shape index (κ3) is 65.0. The Hall–Kier alpha value is -1.85. The molecule has 462 valence electrons. The molecule has 0 fully saturated rings. The number of carbonyl (C=O) groups excluding carboxylic acids is 3. The smallest absolute Gasteiger partial charge is 0.306 e. The summed E-state index contributed by atoms with van der Waals surface area (Å²) in [6.45, 7) is 6.73. The van der Waals surface area contributed by atoms with Crippen molar-refractivity contribution in [2.75, 3.05) is 13.2 Å². The van der Waals surface area contributed by atoms with E-state index in [1.165, 1.54) is 315 Å². The van der Waals surface area contributed by atoms with Crippen molar-refractivity contribution in [1.29, 1.82) is 0 Å². The zero-order valence-corrected chi connectivity index (χ0v) is 53.2. The third-order valence-electron chi connectivity index (χ3n) is 16.5. The van der Waals surface area contributed by atoms with Gasteiger partial charge in [0.25, 0.3) is 0 Å². The minimum atomic E-state index is -0.768. The number of rotatable bonds is 67.